The standard InChI is InChI=1S/C21H29N3O/c1-5-24-20(25)23-13-17-11-14(2)10-15(3)19(17)16(4)12-18(23)21(24)6-8-22-9-7-21/h10-12,16,22H,5-9,13H2,1-4H3/t16-/m0/s1. The van der Waals surface area contributed by atoms with Crippen molar-refractivity contribution in [1.29, 1.82) is 0 Å². The Balaban J connectivity index is 1.87. The van der Waals surface area contributed by atoms with Crippen LogP contribution in [0, 0.1) is 13.8 Å². The van der Waals surface area contributed by atoms with Crippen molar-refractivity contribution in [2.24, 2.45) is 0 Å². The number of fused-ring (bicyclic) bond motifs is 3. The monoisotopic (exact) mass is 339 g/mol. The zero-order valence-electron chi connectivity index (χ0n) is 15.9. The molecule has 2 amide bonds. The van der Waals surface area contributed by atoms with Crippen molar-refractivity contribution in [3.63, 3.8) is 0 Å². The van der Waals surface area contributed by atoms with E-state index < -0.39 is 0 Å². The average Bonchev–Trinajstić information content (AvgIpc) is 2.69. The van der Waals surface area contributed by atoms with Crippen LogP contribution in [0.5, 0.6) is 0 Å². The number of carbonyl (C=O) groups excluding carboxylic acids is 1. The quantitative estimate of drug-likeness (QED) is 0.847. The van der Waals surface area contributed by atoms with Crippen molar-refractivity contribution >= 4 is 6.03 Å². The molecule has 0 aliphatic carbocycles. The lowest BCUT2D eigenvalue weighted by Gasteiger charge is -2.41. The minimum Gasteiger partial charge on any atom is -0.317 e. The van der Waals surface area contributed by atoms with Crippen molar-refractivity contribution < 1.29 is 4.79 Å². The lowest BCUT2D eigenvalue weighted by Crippen LogP contribution is -2.52. The number of hydrogen-bond donors (Lipinski definition) is 1. The first-order valence-corrected chi connectivity index (χ1v) is 9.60. The molecule has 3 aliphatic rings. The number of carbonyl (C=O) groups is 1. The number of likely N-dealkylation sites (N-methyl/N-ethyl adjacent to an activating group) is 1. The summed E-state index contributed by atoms with van der Waals surface area (Å²) in [5.41, 5.74) is 6.49. The molecular weight excluding hydrogens is 310 g/mol. The zero-order chi connectivity index (χ0) is 17.8. The molecule has 0 aromatic heterocycles. The summed E-state index contributed by atoms with van der Waals surface area (Å²) in [6, 6.07) is 4.73. The molecule has 1 aromatic carbocycles. The van der Waals surface area contributed by atoms with Crippen LogP contribution in [0.1, 0.15) is 54.9 Å². The van der Waals surface area contributed by atoms with Gasteiger partial charge in [-0.3, -0.25) is 4.90 Å². The van der Waals surface area contributed by atoms with Crippen LogP contribution in [0.25, 0.3) is 0 Å². The van der Waals surface area contributed by atoms with Crippen molar-refractivity contribution in [3.8, 4) is 0 Å². The van der Waals surface area contributed by atoms with Gasteiger partial charge in [0.25, 0.3) is 0 Å². The van der Waals surface area contributed by atoms with Gasteiger partial charge < -0.3 is 10.2 Å². The summed E-state index contributed by atoms with van der Waals surface area (Å²) in [5, 5.41) is 3.47. The molecule has 1 aromatic rings. The maximum atomic E-state index is 13.3. The number of hydrogen-bond acceptors (Lipinski definition) is 2. The fourth-order valence-corrected chi connectivity index (χ4v) is 5.36. The fraction of sp³-hybridized carbons (Fsp3) is 0.571. The first-order valence-electron chi connectivity index (χ1n) is 9.60. The summed E-state index contributed by atoms with van der Waals surface area (Å²) in [6.07, 6.45) is 4.40. The highest BCUT2D eigenvalue weighted by Gasteiger charge is 2.53. The van der Waals surface area contributed by atoms with Gasteiger partial charge >= 0.3 is 6.03 Å². The Labute approximate surface area is 150 Å². The lowest BCUT2D eigenvalue weighted by atomic mass is 9.82. The van der Waals surface area contributed by atoms with Gasteiger partial charge in [0.2, 0.25) is 0 Å². The van der Waals surface area contributed by atoms with Crippen molar-refractivity contribution in [2.75, 3.05) is 19.6 Å². The van der Waals surface area contributed by atoms with E-state index in [1.165, 1.54) is 28.0 Å². The van der Waals surface area contributed by atoms with Crippen molar-refractivity contribution in [1.82, 2.24) is 15.1 Å². The van der Waals surface area contributed by atoms with Crippen molar-refractivity contribution in [2.45, 2.75) is 58.5 Å². The highest BCUT2D eigenvalue weighted by molar-refractivity contribution is 5.83. The summed E-state index contributed by atoms with van der Waals surface area (Å²) < 4.78 is 0. The Kier molecular flexibility index (Phi) is 3.91. The number of rotatable bonds is 1. The molecule has 134 valence electrons. The lowest BCUT2D eigenvalue weighted by molar-refractivity contribution is 0.141. The normalized spacial score (nSPS) is 24.9. The molecule has 2 fully saturated rings. The van der Waals surface area contributed by atoms with Gasteiger partial charge in [0.15, 0.2) is 0 Å². The van der Waals surface area contributed by atoms with Crippen LogP contribution in [-0.2, 0) is 6.54 Å². The van der Waals surface area contributed by atoms with E-state index >= 15 is 0 Å². The summed E-state index contributed by atoms with van der Waals surface area (Å²) in [4.78, 5) is 17.5. The third-order valence-corrected chi connectivity index (χ3v) is 6.30. The Morgan fingerprint density at radius 1 is 1.24 bits per heavy atom. The Morgan fingerprint density at radius 2 is 1.96 bits per heavy atom. The molecule has 4 nitrogen and oxygen atoms in total. The minimum atomic E-state index is -0.115. The van der Waals surface area contributed by atoms with Crippen molar-refractivity contribution in [3.05, 3.63) is 46.2 Å². The van der Waals surface area contributed by atoms with E-state index in [1.807, 2.05) is 0 Å². The second-order valence-corrected chi connectivity index (χ2v) is 7.89. The molecule has 0 radical (unpaired) electrons. The fourth-order valence-electron chi connectivity index (χ4n) is 5.36. The van der Waals surface area contributed by atoms with E-state index in [1.54, 1.807) is 0 Å². The van der Waals surface area contributed by atoms with Gasteiger partial charge in [-0.05, 0) is 63.4 Å². The predicted molar refractivity (Wildman–Crippen MR) is 101 cm³/mol. The highest BCUT2D eigenvalue weighted by atomic mass is 16.2. The minimum absolute atomic E-state index is 0.115. The third-order valence-electron chi connectivity index (χ3n) is 6.30. The Hall–Kier alpha value is -1.81. The van der Waals surface area contributed by atoms with Crippen LogP contribution in [-0.4, -0.2) is 41.0 Å². The molecule has 4 heteroatoms. The number of aryl methyl sites for hydroxylation is 2. The number of nitrogens with zero attached hydrogens (tertiary/aromatic N) is 2. The number of urea groups is 1. The largest absolute Gasteiger partial charge is 0.325 e. The summed E-state index contributed by atoms with van der Waals surface area (Å²) in [7, 11) is 0. The second kappa shape index (κ2) is 5.87. The van der Waals surface area contributed by atoms with E-state index in [-0.39, 0.29) is 11.6 Å². The summed E-state index contributed by atoms with van der Waals surface area (Å²) >= 11 is 0. The summed E-state index contributed by atoms with van der Waals surface area (Å²) in [6.45, 7) is 12.2. The van der Waals surface area contributed by atoms with Gasteiger partial charge in [0, 0.05) is 18.2 Å². The van der Waals surface area contributed by atoms with Crippen LogP contribution in [0.15, 0.2) is 23.9 Å². The molecule has 0 unspecified atom stereocenters. The average molecular weight is 339 g/mol. The molecule has 0 saturated carbocycles. The second-order valence-electron chi connectivity index (χ2n) is 7.89. The number of amides is 2. The molecule has 0 bridgehead atoms. The molecule has 2 saturated heterocycles. The maximum absolute atomic E-state index is 13.3. The van der Waals surface area contributed by atoms with Gasteiger partial charge in [0.1, 0.15) is 0 Å². The van der Waals surface area contributed by atoms with Crippen LogP contribution < -0.4 is 5.32 Å². The first-order chi connectivity index (χ1) is 12.0. The van der Waals surface area contributed by atoms with E-state index in [2.05, 4.69) is 61.0 Å². The smallest absolute Gasteiger partial charge is 0.317 e. The molecular formula is C21H29N3O. The molecule has 1 atom stereocenters. The Morgan fingerprint density at radius 3 is 2.64 bits per heavy atom. The van der Waals surface area contributed by atoms with Gasteiger partial charge in [-0.1, -0.05) is 30.7 Å². The van der Waals surface area contributed by atoms with Gasteiger partial charge in [0.05, 0.1) is 12.1 Å². The van der Waals surface area contributed by atoms with E-state index in [0.29, 0.717) is 12.5 Å². The number of nitrogens with one attached hydrogen (secondary N) is 1. The van der Waals surface area contributed by atoms with Crippen LogP contribution in [0.3, 0.4) is 0 Å². The van der Waals surface area contributed by atoms with E-state index in [4.69, 9.17) is 0 Å². The molecule has 25 heavy (non-hydrogen) atoms. The van der Waals surface area contributed by atoms with Crippen LogP contribution >= 0.6 is 0 Å². The molecule has 3 aliphatic heterocycles. The third kappa shape index (κ3) is 2.34. The first kappa shape index (κ1) is 16.6. The van der Waals surface area contributed by atoms with Crippen LogP contribution in [0.4, 0.5) is 4.79 Å². The molecule has 1 N–H and O–H groups in total. The van der Waals surface area contributed by atoms with Gasteiger partial charge in [-0.2, -0.15) is 0 Å². The SMILES string of the molecule is CCN1C(=O)N2Cc3cc(C)cc(C)c3[C@@H](C)C=C2C12CCNCC2. The number of allylic oxidation sites excluding steroid dienone is 1. The van der Waals surface area contributed by atoms with E-state index in [9.17, 15) is 4.79 Å². The topological polar surface area (TPSA) is 35.6 Å². The molecule has 4 rings (SSSR count). The highest BCUT2D eigenvalue weighted by Crippen LogP contribution is 2.46. The van der Waals surface area contributed by atoms with Gasteiger partial charge in [-0.15, -0.1) is 0 Å². The Bertz CT molecular complexity index is 746. The zero-order valence-corrected chi connectivity index (χ0v) is 15.9. The van der Waals surface area contributed by atoms with E-state index in [0.717, 1.165) is 32.5 Å². The maximum Gasteiger partial charge on any atom is 0.325 e. The summed E-state index contributed by atoms with van der Waals surface area (Å²) in [5.74, 6) is 0.340. The predicted octanol–water partition coefficient (Wildman–Crippen LogP) is 3.68. The van der Waals surface area contributed by atoms with Crippen LogP contribution in [0.2, 0.25) is 0 Å². The number of piperidine rings is 1. The molecule has 3 heterocycles. The number of benzene rings is 1. The molecule has 1 spiro atoms. The van der Waals surface area contributed by atoms with Gasteiger partial charge in [-0.25, -0.2) is 4.79 Å².